The number of hydrogen-bond donors (Lipinski definition) is 1. The monoisotopic (exact) mass is 339 g/mol. The van der Waals surface area contributed by atoms with Gasteiger partial charge in [-0.1, -0.05) is 47.5 Å². The fourth-order valence-electron chi connectivity index (χ4n) is 1.79. The van der Waals surface area contributed by atoms with Gasteiger partial charge in [0.25, 0.3) is 0 Å². The second-order valence-corrected chi connectivity index (χ2v) is 6.42. The highest BCUT2D eigenvalue weighted by atomic mass is 35.5. The first kappa shape index (κ1) is 16.2. The Balaban J connectivity index is 1.83. The predicted octanol–water partition coefficient (Wildman–Crippen LogP) is 5.17. The van der Waals surface area contributed by atoms with Crippen LogP contribution in [0, 0.1) is 6.92 Å². The molecule has 0 aliphatic carbocycles. The minimum Gasteiger partial charge on any atom is -0.325 e. The van der Waals surface area contributed by atoms with Crippen LogP contribution in [0.1, 0.15) is 11.1 Å². The highest BCUT2D eigenvalue weighted by Gasteiger charge is 2.06. The van der Waals surface area contributed by atoms with Gasteiger partial charge in [-0.15, -0.1) is 11.8 Å². The Kier molecular flexibility index (Phi) is 5.97. The highest BCUT2D eigenvalue weighted by Crippen LogP contribution is 2.24. The number of hydrogen-bond acceptors (Lipinski definition) is 2. The summed E-state index contributed by atoms with van der Waals surface area (Å²) in [5.74, 6) is 1.05. The van der Waals surface area contributed by atoms with Gasteiger partial charge in [0.2, 0.25) is 5.91 Å². The van der Waals surface area contributed by atoms with Crippen LogP contribution in [0.3, 0.4) is 0 Å². The van der Waals surface area contributed by atoms with E-state index in [0.29, 0.717) is 21.6 Å². The Morgan fingerprint density at radius 1 is 1.19 bits per heavy atom. The number of halogens is 2. The van der Waals surface area contributed by atoms with E-state index in [2.05, 4.69) is 5.32 Å². The summed E-state index contributed by atoms with van der Waals surface area (Å²) in [6.45, 7) is 1.97. The van der Waals surface area contributed by atoms with Crippen molar-refractivity contribution in [2.75, 3.05) is 11.1 Å². The molecule has 0 aliphatic heterocycles. The van der Waals surface area contributed by atoms with Crippen molar-refractivity contribution in [3.8, 4) is 0 Å². The molecule has 0 aromatic heterocycles. The molecule has 110 valence electrons. The summed E-state index contributed by atoms with van der Waals surface area (Å²) >= 11 is 13.5. The van der Waals surface area contributed by atoms with Crippen LogP contribution in [0.2, 0.25) is 10.0 Å². The Morgan fingerprint density at radius 2 is 1.95 bits per heavy atom. The van der Waals surface area contributed by atoms with E-state index in [-0.39, 0.29) is 5.91 Å². The number of nitrogens with one attached hydrogen (secondary N) is 1. The van der Waals surface area contributed by atoms with Crippen molar-refractivity contribution in [1.82, 2.24) is 0 Å². The van der Waals surface area contributed by atoms with Crippen LogP contribution in [0.4, 0.5) is 5.69 Å². The van der Waals surface area contributed by atoms with Crippen molar-refractivity contribution < 1.29 is 4.79 Å². The number of rotatable bonds is 5. The Morgan fingerprint density at radius 3 is 2.67 bits per heavy atom. The molecule has 0 bridgehead atoms. The lowest BCUT2D eigenvalue weighted by molar-refractivity contribution is -0.113. The van der Waals surface area contributed by atoms with Crippen molar-refractivity contribution in [1.29, 1.82) is 0 Å². The zero-order valence-corrected chi connectivity index (χ0v) is 13.9. The second-order valence-electron chi connectivity index (χ2n) is 4.59. The van der Waals surface area contributed by atoms with E-state index < -0.39 is 0 Å². The normalized spacial score (nSPS) is 10.4. The topological polar surface area (TPSA) is 29.1 Å². The van der Waals surface area contributed by atoms with Crippen LogP contribution in [0.5, 0.6) is 0 Å². The summed E-state index contributed by atoms with van der Waals surface area (Å²) in [7, 11) is 0. The van der Waals surface area contributed by atoms with E-state index in [9.17, 15) is 4.79 Å². The molecule has 0 saturated heterocycles. The number of para-hydroxylation sites is 1. The fourth-order valence-corrected chi connectivity index (χ4v) is 3.18. The minimum atomic E-state index is -0.0145. The van der Waals surface area contributed by atoms with Crippen LogP contribution >= 0.6 is 35.0 Å². The molecule has 2 nitrogen and oxygen atoms in total. The van der Waals surface area contributed by atoms with Crippen LogP contribution in [-0.4, -0.2) is 11.7 Å². The number of anilines is 1. The average Bonchev–Trinajstić information content (AvgIpc) is 2.44. The van der Waals surface area contributed by atoms with Gasteiger partial charge >= 0.3 is 0 Å². The maximum Gasteiger partial charge on any atom is 0.234 e. The minimum absolute atomic E-state index is 0.0145. The molecule has 0 fully saturated rings. The Hall–Kier alpha value is -1.16. The fraction of sp³-hybridized carbons (Fsp3) is 0.188. The first-order valence-electron chi connectivity index (χ1n) is 6.43. The van der Waals surface area contributed by atoms with Crippen LogP contribution in [0.25, 0.3) is 0 Å². The van der Waals surface area contributed by atoms with Crippen molar-refractivity contribution in [3.05, 3.63) is 63.6 Å². The lowest BCUT2D eigenvalue weighted by Crippen LogP contribution is -2.14. The summed E-state index contributed by atoms with van der Waals surface area (Å²) in [6, 6.07) is 13.1. The molecule has 0 atom stereocenters. The maximum absolute atomic E-state index is 11.9. The smallest absolute Gasteiger partial charge is 0.234 e. The van der Waals surface area contributed by atoms with Gasteiger partial charge in [0.1, 0.15) is 0 Å². The van der Waals surface area contributed by atoms with Crippen molar-refractivity contribution in [2.45, 2.75) is 12.7 Å². The molecule has 5 heteroatoms. The molecule has 0 saturated carbocycles. The summed E-state index contributed by atoms with van der Waals surface area (Å²) in [4.78, 5) is 11.9. The SMILES string of the molecule is Cc1ccccc1NC(=O)CSCc1ccc(Cl)cc1Cl. The summed E-state index contributed by atoms with van der Waals surface area (Å²) in [5, 5.41) is 4.16. The van der Waals surface area contributed by atoms with Gasteiger partial charge in [0.15, 0.2) is 0 Å². The van der Waals surface area contributed by atoms with Crippen LogP contribution in [0.15, 0.2) is 42.5 Å². The zero-order chi connectivity index (χ0) is 15.2. The third-order valence-corrected chi connectivity index (χ3v) is 4.49. The lowest BCUT2D eigenvalue weighted by Gasteiger charge is -2.08. The molecule has 2 aromatic carbocycles. The van der Waals surface area contributed by atoms with Gasteiger partial charge < -0.3 is 5.32 Å². The highest BCUT2D eigenvalue weighted by molar-refractivity contribution is 7.99. The number of amides is 1. The van der Waals surface area contributed by atoms with Crippen molar-refractivity contribution in [3.63, 3.8) is 0 Å². The van der Waals surface area contributed by atoms with Gasteiger partial charge in [-0.2, -0.15) is 0 Å². The van der Waals surface area contributed by atoms with E-state index in [1.54, 1.807) is 12.1 Å². The molecule has 2 rings (SSSR count). The van der Waals surface area contributed by atoms with Crippen LogP contribution < -0.4 is 5.32 Å². The molecule has 0 heterocycles. The van der Waals surface area contributed by atoms with Gasteiger partial charge in [-0.3, -0.25) is 4.79 Å². The Labute approximate surface area is 138 Å². The largest absolute Gasteiger partial charge is 0.325 e. The van der Waals surface area contributed by atoms with E-state index in [4.69, 9.17) is 23.2 Å². The number of aryl methyl sites for hydroxylation is 1. The standard InChI is InChI=1S/C16H15Cl2NOS/c1-11-4-2-3-5-15(11)19-16(20)10-21-9-12-6-7-13(17)8-14(12)18/h2-8H,9-10H2,1H3,(H,19,20). The van der Waals surface area contributed by atoms with E-state index in [1.165, 1.54) is 11.8 Å². The molecule has 1 amide bonds. The van der Waals surface area contributed by atoms with Gasteiger partial charge in [0.05, 0.1) is 5.75 Å². The van der Waals surface area contributed by atoms with E-state index in [0.717, 1.165) is 16.8 Å². The number of carbonyl (C=O) groups excluding carboxylic acids is 1. The second kappa shape index (κ2) is 7.74. The maximum atomic E-state index is 11.9. The summed E-state index contributed by atoms with van der Waals surface area (Å²) < 4.78 is 0. The first-order chi connectivity index (χ1) is 10.1. The number of thioether (sulfide) groups is 1. The molecule has 0 spiro atoms. The predicted molar refractivity (Wildman–Crippen MR) is 92.4 cm³/mol. The quantitative estimate of drug-likeness (QED) is 0.813. The first-order valence-corrected chi connectivity index (χ1v) is 8.34. The van der Waals surface area contributed by atoms with Gasteiger partial charge in [0, 0.05) is 21.5 Å². The molecule has 0 aliphatic rings. The number of benzene rings is 2. The molecule has 1 N–H and O–H groups in total. The van der Waals surface area contributed by atoms with Crippen molar-refractivity contribution in [2.24, 2.45) is 0 Å². The molecule has 0 unspecified atom stereocenters. The zero-order valence-electron chi connectivity index (χ0n) is 11.5. The third kappa shape index (κ3) is 4.95. The third-order valence-electron chi connectivity index (χ3n) is 2.92. The lowest BCUT2D eigenvalue weighted by atomic mass is 10.2. The number of carbonyl (C=O) groups is 1. The average molecular weight is 340 g/mol. The molecule has 21 heavy (non-hydrogen) atoms. The summed E-state index contributed by atoms with van der Waals surface area (Å²) in [6.07, 6.45) is 0. The summed E-state index contributed by atoms with van der Waals surface area (Å²) in [5.41, 5.74) is 2.89. The van der Waals surface area contributed by atoms with Crippen molar-refractivity contribution >= 4 is 46.6 Å². The van der Waals surface area contributed by atoms with Gasteiger partial charge in [-0.25, -0.2) is 0 Å². The van der Waals surface area contributed by atoms with E-state index in [1.807, 2.05) is 37.3 Å². The van der Waals surface area contributed by atoms with Crippen LogP contribution in [-0.2, 0) is 10.5 Å². The van der Waals surface area contributed by atoms with Gasteiger partial charge in [-0.05, 0) is 36.2 Å². The molecular formula is C16H15Cl2NOS. The Bertz CT molecular complexity index is 646. The molecular weight excluding hydrogens is 325 g/mol. The molecule has 2 aromatic rings. The molecule has 0 radical (unpaired) electrons. The van der Waals surface area contributed by atoms with E-state index >= 15 is 0 Å².